The highest BCUT2D eigenvalue weighted by molar-refractivity contribution is 5.19. The summed E-state index contributed by atoms with van der Waals surface area (Å²) in [5.74, 6) is 0.969. The summed E-state index contributed by atoms with van der Waals surface area (Å²) in [6.07, 6.45) is 4.14. The van der Waals surface area contributed by atoms with Gasteiger partial charge in [0.05, 0.1) is 12.6 Å². The normalized spacial score (nSPS) is 18.9. The molecule has 1 fully saturated rings. The second-order valence-electron chi connectivity index (χ2n) is 5.17. The molecular weight excluding hydrogens is 210 g/mol. The molecule has 1 aliphatic rings. The minimum atomic E-state index is 0.315. The number of benzene rings is 1. The Morgan fingerprint density at radius 3 is 2.59 bits per heavy atom. The Balaban J connectivity index is 1.91. The van der Waals surface area contributed by atoms with Crippen molar-refractivity contribution in [3.05, 3.63) is 35.9 Å². The molecule has 94 valence electrons. The minimum Gasteiger partial charge on any atom is -0.383 e. The van der Waals surface area contributed by atoms with E-state index in [1.807, 2.05) is 0 Å². The van der Waals surface area contributed by atoms with Gasteiger partial charge < -0.3 is 10.1 Å². The SMILES string of the molecule is COCC(NC(C)CC1CC1)c1ccccc1. The molecule has 0 radical (unpaired) electrons. The molecule has 2 unspecified atom stereocenters. The number of ether oxygens (including phenoxy) is 1. The van der Waals surface area contributed by atoms with E-state index in [1.54, 1.807) is 7.11 Å². The van der Waals surface area contributed by atoms with Crippen LogP contribution in [0.4, 0.5) is 0 Å². The first-order chi connectivity index (χ1) is 8.29. The van der Waals surface area contributed by atoms with Gasteiger partial charge >= 0.3 is 0 Å². The summed E-state index contributed by atoms with van der Waals surface area (Å²) >= 11 is 0. The van der Waals surface area contributed by atoms with Crippen molar-refractivity contribution in [2.45, 2.75) is 38.3 Å². The van der Waals surface area contributed by atoms with Crippen molar-refractivity contribution >= 4 is 0 Å². The first kappa shape index (κ1) is 12.6. The van der Waals surface area contributed by atoms with E-state index >= 15 is 0 Å². The molecule has 2 atom stereocenters. The minimum absolute atomic E-state index is 0.315. The molecule has 2 nitrogen and oxygen atoms in total. The Morgan fingerprint density at radius 2 is 2.00 bits per heavy atom. The summed E-state index contributed by atoms with van der Waals surface area (Å²) in [6, 6.07) is 11.5. The third-order valence-electron chi connectivity index (χ3n) is 3.40. The standard InChI is InChI=1S/C15H23NO/c1-12(10-13-8-9-13)16-15(11-17-2)14-6-4-3-5-7-14/h3-7,12-13,15-16H,8-11H2,1-2H3. The quantitative estimate of drug-likeness (QED) is 0.781. The van der Waals surface area contributed by atoms with Gasteiger partial charge in [-0.25, -0.2) is 0 Å². The predicted octanol–water partition coefficient (Wildman–Crippen LogP) is 3.15. The van der Waals surface area contributed by atoms with Crippen LogP contribution in [0.1, 0.15) is 37.8 Å². The Bertz CT molecular complexity index is 321. The first-order valence-electron chi connectivity index (χ1n) is 6.59. The van der Waals surface area contributed by atoms with Crippen LogP contribution in [0.5, 0.6) is 0 Å². The van der Waals surface area contributed by atoms with Gasteiger partial charge in [0, 0.05) is 13.2 Å². The molecule has 0 bridgehead atoms. The molecule has 2 rings (SSSR count). The van der Waals surface area contributed by atoms with Gasteiger partial charge in [-0.2, -0.15) is 0 Å². The van der Waals surface area contributed by atoms with Crippen molar-refractivity contribution in [2.24, 2.45) is 5.92 Å². The van der Waals surface area contributed by atoms with E-state index in [1.165, 1.54) is 24.8 Å². The van der Waals surface area contributed by atoms with Crippen molar-refractivity contribution in [2.75, 3.05) is 13.7 Å². The summed E-state index contributed by atoms with van der Waals surface area (Å²) in [4.78, 5) is 0. The maximum absolute atomic E-state index is 5.32. The van der Waals surface area contributed by atoms with Gasteiger partial charge in [-0.3, -0.25) is 0 Å². The van der Waals surface area contributed by atoms with E-state index in [0.29, 0.717) is 12.1 Å². The molecule has 1 aromatic carbocycles. The maximum Gasteiger partial charge on any atom is 0.0657 e. The molecule has 0 spiro atoms. The topological polar surface area (TPSA) is 21.3 Å². The van der Waals surface area contributed by atoms with Gasteiger partial charge in [-0.1, -0.05) is 43.2 Å². The third-order valence-corrected chi connectivity index (χ3v) is 3.40. The van der Waals surface area contributed by atoms with Crippen LogP contribution < -0.4 is 5.32 Å². The van der Waals surface area contributed by atoms with Gasteiger partial charge in [0.25, 0.3) is 0 Å². The maximum atomic E-state index is 5.32. The van der Waals surface area contributed by atoms with E-state index in [-0.39, 0.29) is 0 Å². The van der Waals surface area contributed by atoms with Crippen LogP contribution in [0.25, 0.3) is 0 Å². The number of methoxy groups -OCH3 is 1. The lowest BCUT2D eigenvalue weighted by Gasteiger charge is -2.23. The first-order valence-corrected chi connectivity index (χ1v) is 6.59. The zero-order valence-corrected chi connectivity index (χ0v) is 10.9. The summed E-state index contributed by atoms with van der Waals surface area (Å²) in [7, 11) is 1.77. The Morgan fingerprint density at radius 1 is 1.29 bits per heavy atom. The molecule has 0 heterocycles. The van der Waals surface area contributed by atoms with Gasteiger partial charge in [-0.15, -0.1) is 0 Å². The summed E-state index contributed by atoms with van der Waals surface area (Å²) < 4.78 is 5.32. The molecule has 0 aliphatic heterocycles. The van der Waals surface area contributed by atoms with Crippen LogP contribution >= 0.6 is 0 Å². The molecular formula is C15H23NO. The van der Waals surface area contributed by atoms with Gasteiger partial charge in [-0.05, 0) is 24.8 Å². The Kier molecular flexibility index (Phi) is 4.57. The Labute approximate surface area is 104 Å². The van der Waals surface area contributed by atoms with Crippen LogP contribution in [-0.4, -0.2) is 19.8 Å². The van der Waals surface area contributed by atoms with E-state index in [2.05, 4.69) is 42.6 Å². The summed E-state index contributed by atoms with van der Waals surface area (Å²) in [5.41, 5.74) is 1.32. The molecule has 1 N–H and O–H groups in total. The van der Waals surface area contributed by atoms with Crippen LogP contribution in [0.3, 0.4) is 0 Å². The molecule has 0 saturated heterocycles. The molecule has 2 heteroatoms. The van der Waals surface area contributed by atoms with E-state index in [9.17, 15) is 0 Å². The number of rotatable bonds is 7. The van der Waals surface area contributed by atoms with Gasteiger partial charge in [0.1, 0.15) is 0 Å². The van der Waals surface area contributed by atoms with Crippen LogP contribution in [0.15, 0.2) is 30.3 Å². The molecule has 1 aliphatic carbocycles. The average molecular weight is 233 g/mol. The lowest BCUT2D eigenvalue weighted by Crippen LogP contribution is -2.33. The van der Waals surface area contributed by atoms with E-state index < -0.39 is 0 Å². The Hall–Kier alpha value is -0.860. The fraction of sp³-hybridized carbons (Fsp3) is 0.600. The molecule has 1 saturated carbocycles. The number of nitrogens with one attached hydrogen (secondary N) is 1. The van der Waals surface area contributed by atoms with Crippen molar-refractivity contribution in [3.63, 3.8) is 0 Å². The van der Waals surface area contributed by atoms with Gasteiger partial charge in [0.2, 0.25) is 0 Å². The summed E-state index contributed by atoms with van der Waals surface area (Å²) in [5, 5.41) is 3.68. The van der Waals surface area contributed by atoms with E-state index in [4.69, 9.17) is 4.74 Å². The lowest BCUT2D eigenvalue weighted by molar-refractivity contribution is 0.160. The highest BCUT2D eigenvalue weighted by Crippen LogP contribution is 2.33. The molecule has 17 heavy (non-hydrogen) atoms. The smallest absolute Gasteiger partial charge is 0.0657 e. The zero-order chi connectivity index (χ0) is 12.1. The second-order valence-corrected chi connectivity index (χ2v) is 5.17. The fourth-order valence-electron chi connectivity index (χ4n) is 2.36. The van der Waals surface area contributed by atoms with Crippen molar-refractivity contribution < 1.29 is 4.74 Å². The largest absolute Gasteiger partial charge is 0.383 e. The number of hydrogen-bond acceptors (Lipinski definition) is 2. The van der Waals surface area contributed by atoms with Crippen molar-refractivity contribution in [1.29, 1.82) is 0 Å². The third kappa shape index (κ3) is 4.14. The van der Waals surface area contributed by atoms with Crippen LogP contribution in [0, 0.1) is 5.92 Å². The van der Waals surface area contributed by atoms with Crippen molar-refractivity contribution in [3.8, 4) is 0 Å². The van der Waals surface area contributed by atoms with Crippen LogP contribution in [0.2, 0.25) is 0 Å². The summed E-state index contributed by atoms with van der Waals surface area (Å²) in [6.45, 7) is 3.02. The highest BCUT2D eigenvalue weighted by Gasteiger charge is 2.24. The zero-order valence-electron chi connectivity index (χ0n) is 10.9. The average Bonchev–Trinajstić information content (AvgIpc) is 3.13. The lowest BCUT2D eigenvalue weighted by atomic mass is 10.1. The second kappa shape index (κ2) is 6.18. The van der Waals surface area contributed by atoms with Crippen molar-refractivity contribution in [1.82, 2.24) is 5.32 Å². The van der Waals surface area contributed by atoms with Gasteiger partial charge in [0.15, 0.2) is 0 Å². The monoisotopic (exact) mass is 233 g/mol. The van der Waals surface area contributed by atoms with Crippen LogP contribution in [-0.2, 0) is 4.74 Å². The molecule has 1 aromatic rings. The van der Waals surface area contributed by atoms with E-state index in [0.717, 1.165) is 12.5 Å². The molecule has 0 amide bonds. The predicted molar refractivity (Wildman–Crippen MR) is 71.0 cm³/mol. The molecule has 0 aromatic heterocycles. The number of hydrogen-bond donors (Lipinski definition) is 1. The fourth-order valence-corrected chi connectivity index (χ4v) is 2.36. The highest BCUT2D eigenvalue weighted by atomic mass is 16.5.